The van der Waals surface area contributed by atoms with Crippen LogP contribution in [0.5, 0.6) is 5.75 Å². The molecule has 0 spiro atoms. The molecule has 0 radical (unpaired) electrons. The van der Waals surface area contributed by atoms with E-state index in [9.17, 15) is 4.79 Å². The normalized spacial score (nSPS) is 15.0. The van der Waals surface area contributed by atoms with E-state index in [1.807, 2.05) is 42.8 Å². The lowest BCUT2D eigenvalue weighted by Crippen LogP contribution is -2.40. The van der Waals surface area contributed by atoms with Crippen LogP contribution in [0.1, 0.15) is 23.5 Å². The van der Waals surface area contributed by atoms with Gasteiger partial charge in [-0.2, -0.15) is 0 Å². The molecule has 1 amide bonds. The van der Waals surface area contributed by atoms with E-state index in [4.69, 9.17) is 4.74 Å². The van der Waals surface area contributed by atoms with E-state index in [2.05, 4.69) is 20.2 Å². The monoisotopic (exact) mass is 396 g/mol. The quantitative estimate of drug-likeness (QED) is 0.714. The van der Waals surface area contributed by atoms with Crippen molar-refractivity contribution in [1.29, 1.82) is 0 Å². The minimum Gasteiger partial charge on any atom is -0.497 e. The highest BCUT2D eigenvalue weighted by Crippen LogP contribution is 2.31. The van der Waals surface area contributed by atoms with Gasteiger partial charge in [-0.1, -0.05) is 0 Å². The topological polar surface area (TPSA) is 67.3 Å². The van der Waals surface area contributed by atoms with Gasteiger partial charge in [-0.05, 0) is 44.0 Å². The van der Waals surface area contributed by atoms with Crippen molar-refractivity contribution in [3.63, 3.8) is 0 Å². The number of nitrogens with one attached hydrogen (secondary N) is 1. The molecule has 1 aliphatic heterocycles. The summed E-state index contributed by atoms with van der Waals surface area (Å²) in [7, 11) is 1.67. The number of carbonyl (C=O) groups excluding carboxylic acids is 1. The van der Waals surface area contributed by atoms with Crippen LogP contribution in [0.15, 0.2) is 35.8 Å². The summed E-state index contributed by atoms with van der Waals surface area (Å²) in [5.74, 6) is 1.02. The van der Waals surface area contributed by atoms with Crippen LogP contribution >= 0.6 is 11.3 Å². The lowest BCUT2D eigenvalue weighted by molar-refractivity contribution is -0.125. The fraction of sp³-hybridized carbons (Fsp3) is 0.381. The predicted molar refractivity (Wildman–Crippen MR) is 112 cm³/mol. The third-order valence-corrected chi connectivity index (χ3v) is 6.18. The van der Waals surface area contributed by atoms with Gasteiger partial charge in [0.15, 0.2) is 0 Å². The molecule has 1 N–H and O–H groups in total. The fourth-order valence-corrected chi connectivity index (χ4v) is 4.40. The Morgan fingerprint density at radius 2 is 2.14 bits per heavy atom. The fourth-order valence-electron chi connectivity index (χ4n) is 3.69. The molecular weight excluding hydrogens is 372 g/mol. The van der Waals surface area contributed by atoms with E-state index < -0.39 is 0 Å². The molecule has 6 nitrogen and oxygen atoms in total. The number of hydrogen-bond donors (Lipinski definition) is 1. The average Bonchev–Trinajstić information content (AvgIpc) is 3.16. The van der Waals surface area contributed by atoms with E-state index in [0.29, 0.717) is 6.54 Å². The first-order valence-electron chi connectivity index (χ1n) is 9.50. The molecule has 1 aromatic carbocycles. The standard InChI is InChI=1S/C21H24N4O2S/c1-14-13-28-20(24-14)12-23-21(26)15-6-9-25(10-7-15)19-5-8-22-18-4-3-16(27-2)11-17(18)19/h3-5,8,11,13,15H,6-7,9-10,12H2,1-2H3,(H,23,26). The highest BCUT2D eigenvalue weighted by Gasteiger charge is 2.26. The lowest BCUT2D eigenvalue weighted by atomic mass is 9.95. The molecule has 0 unspecified atom stereocenters. The molecule has 0 atom stereocenters. The number of thiazole rings is 1. The number of nitrogens with zero attached hydrogens (tertiary/aromatic N) is 3. The molecule has 1 saturated heterocycles. The molecule has 0 saturated carbocycles. The summed E-state index contributed by atoms with van der Waals surface area (Å²) in [5.41, 5.74) is 3.11. The second-order valence-electron chi connectivity index (χ2n) is 7.07. The smallest absolute Gasteiger partial charge is 0.223 e. The van der Waals surface area contributed by atoms with Crippen LogP contribution in [0.2, 0.25) is 0 Å². The molecule has 2 aromatic heterocycles. The van der Waals surface area contributed by atoms with Crippen molar-refractivity contribution in [3.8, 4) is 5.75 Å². The molecule has 28 heavy (non-hydrogen) atoms. The van der Waals surface area contributed by atoms with Crippen LogP contribution in [0.25, 0.3) is 10.9 Å². The number of piperidine rings is 1. The number of aryl methyl sites for hydroxylation is 1. The second-order valence-corrected chi connectivity index (χ2v) is 8.02. The summed E-state index contributed by atoms with van der Waals surface area (Å²) in [4.78, 5) is 23.7. The van der Waals surface area contributed by atoms with Crippen molar-refractivity contribution in [2.24, 2.45) is 5.92 Å². The van der Waals surface area contributed by atoms with Gasteiger partial charge in [0.25, 0.3) is 0 Å². The number of anilines is 1. The summed E-state index contributed by atoms with van der Waals surface area (Å²) in [6, 6.07) is 8.00. The third-order valence-electron chi connectivity index (χ3n) is 5.21. The number of pyridine rings is 1. The Kier molecular flexibility index (Phi) is 5.43. The second kappa shape index (κ2) is 8.14. The maximum absolute atomic E-state index is 12.5. The third kappa shape index (κ3) is 3.94. The van der Waals surface area contributed by atoms with Gasteiger partial charge in [0.2, 0.25) is 5.91 Å². The van der Waals surface area contributed by atoms with Crippen LogP contribution in [-0.4, -0.2) is 36.1 Å². The maximum Gasteiger partial charge on any atom is 0.223 e. The number of carbonyl (C=O) groups is 1. The number of amides is 1. The first-order valence-corrected chi connectivity index (χ1v) is 10.4. The zero-order chi connectivity index (χ0) is 19.5. The highest BCUT2D eigenvalue weighted by atomic mass is 32.1. The molecular formula is C21H24N4O2S. The Morgan fingerprint density at radius 1 is 1.32 bits per heavy atom. The Bertz CT molecular complexity index is 979. The molecule has 1 fully saturated rings. The predicted octanol–water partition coefficient (Wildman–Crippen LogP) is 3.54. The molecule has 1 aliphatic rings. The van der Waals surface area contributed by atoms with E-state index in [1.54, 1.807) is 18.4 Å². The van der Waals surface area contributed by atoms with Crippen LogP contribution in [0.3, 0.4) is 0 Å². The summed E-state index contributed by atoms with van der Waals surface area (Å²) in [6.45, 7) is 4.19. The Hall–Kier alpha value is -2.67. The first kappa shape index (κ1) is 18.7. The van der Waals surface area contributed by atoms with Crippen LogP contribution in [0, 0.1) is 12.8 Å². The van der Waals surface area contributed by atoms with Crippen molar-refractivity contribution in [2.45, 2.75) is 26.3 Å². The van der Waals surface area contributed by atoms with Gasteiger partial charge in [-0.15, -0.1) is 11.3 Å². The molecule has 0 bridgehead atoms. The maximum atomic E-state index is 12.5. The number of aromatic nitrogens is 2. The highest BCUT2D eigenvalue weighted by molar-refractivity contribution is 7.09. The SMILES string of the molecule is COc1ccc2nccc(N3CCC(C(=O)NCc4nc(C)cs4)CC3)c2c1. The van der Waals surface area contributed by atoms with E-state index in [1.165, 1.54) is 0 Å². The van der Waals surface area contributed by atoms with Crippen molar-refractivity contribution in [3.05, 3.63) is 46.5 Å². The van der Waals surface area contributed by atoms with Gasteiger partial charge >= 0.3 is 0 Å². The number of ether oxygens (including phenoxy) is 1. The summed E-state index contributed by atoms with van der Waals surface area (Å²) < 4.78 is 5.37. The largest absolute Gasteiger partial charge is 0.497 e. The molecule has 3 aromatic rings. The average molecular weight is 397 g/mol. The van der Waals surface area contributed by atoms with E-state index in [0.717, 1.165) is 59.0 Å². The van der Waals surface area contributed by atoms with E-state index >= 15 is 0 Å². The van der Waals surface area contributed by atoms with Crippen LogP contribution in [-0.2, 0) is 11.3 Å². The number of methoxy groups -OCH3 is 1. The van der Waals surface area contributed by atoms with E-state index in [-0.39, 0.29) is 11.8 Å². The van der Waals surface area contributed by atoms with Crippen LogP contribution in [0.4, 0.5) is 5.69 Å². The van der Waals surface area contributed by atoms with Crippen molar-refractivity contribution >= 4 is 33.8 Å². The molecule has 146 valence electrons. The van der Waals surface area contributed by atoms with Gasteiger partial charge in [-0.3, -0.25) is 9.78 Å². The Balaban J connectivity index is 1.40. The van der Waals surface area contributed by atoms with Crippen LogP contribution < -0.4 is 15.0 Å². The Morgan fingerprint density at radius 3 is 2.86 bits per heavy atom. The number of hydrogen-bond acceptors (Lipinski definition) is 6. The molecule has 0 aliphatic carbocycles. The van der Waals surface area contributed by atoms with Gasteiger partial charge in [-0.25, -0.2) is 4.98 Å². The van der Waals surface area contributed by atoms with Gasteiger partial charge < -0.3 is 15.0 Å². The van der Waals surface area contributed by atoms with Gasteiger partial charge in [0, 0.05) is 47.4 Å². The zero-order valence-electron chi connectivity index (χ0n) is 16.1. The summed E-state index contributed by atoms with van der Waals surface area (Å²) >= 11 is 1.59. The van der Waals surface area contributed by atoms with Crippen molar-refractivity contribution in [2.75, 3.05) is 25.1 Å². The number of rotatable bonds is 5. The summed E-state index contributed by atoms with van der Waals surface area (Å²) in [6.07, 6.45) is 3.53. The Labute approximate surface area is 168 Å². The molecule has 7 heteroatoms. The van der Waals surface area contributed by atoms with Gasteiger partial charge in [0.1, 0.15) is 10.8 Å². The summed E-state index contributed by atoms with van der Waals surface area (Å²) in [5, 5.41) is 7.10. The minimum absolute atomic E-state index is 0.0555. The van der Waals surface area contributed by atoms with Crippen molar-refractivity contribution < 1.29 is 9.53 Å². The molecule has 3 heterocycles. The molecule has 4 rings (SSSR count). The first-order chi connectivity index (χ1) is 13.6. The zero-order valence-corrected chi connectivity index (χ0v) is 17.0. The van der Waals surface area contributed by atoms with Gasteiger partial charge in [0.05, 0.1) is 19.2 Å². The van der Waals surface area contributed by atoms with Crippen molar-refractivity contribution in [1.82, 2.24) is 15.3 Å². The lowest BCUT2D eigenvalue weighted by Gasteiger charge is -2.33. The number of fused-ring (bicyclic) bond motifs is 1. The minimum atomic E-state index is 0.0555. The number of benzene rings is 1.